The fourth-order valence-corrected chi connectivity index (χ4v) is 4.61. The summed E-state index contributed by atoms with van der Waals surface area (Å²) in [7, 11) is 4.52. The summed E-state index contributed by atoms with van der Waals surface area (Å²) in [5.74, 6) is -0.454. The molecule has 3 aromatic heterocycles. The fourth-order valence-electron chi connectivity index (χ4n) is 4.61. The van der Waals surface area contributed by atoms with Crippen LogP contribution in [0.4, 0.5) is 26.0 Å². The zero-order valence-corrected chi connectivity index (χ0v) is 25.0. The van der Waals surface area contributed by atoms with E-state index in [1.165, 1.54) is 37.5 Å². The van der Waals surface area contributed by atoms with E-state index in [0.29, 0.717) is 44.2 Å². The van der Waals surface area contributed by atoms with Crippen LogP contribution >= 0.6 is 0 Å². The van der Waals surface area contributed by atoms with Crippen molar-refractivity contribution in [3.8, 4) is 16.9 Å². The maximum Gasteiger partial charge on any atom is 0.333 e. The summed E-state index contributed by atoms with van der Waals surface area (Å²) in [5, 5.41) is 20.3. The summed E-state index contributed by atoms with van der Waals surface area (Å²) >= 11 is 0. The Balaban J connectivity index is 1.37. The monoisotopic (exact) mass is 619 g/mol. The van der Waals surface area contributed by atoms with Crippen LogP contribution in [0.2, 0.25) is 0 Å². The SMILES string of the molecule is CNC(=O)c1nnc(NC(=O)C2CC2)cc1Nc1cccc(-c2ccc(C(=O)N(C)Cc3cn(C(F)F)nc3C)nc2)c1OC. The average molecular weight is 620 g/mol. The summed E-state index contributed by atoms with van der Waals surface area (Å²) in [6.45, 7) is -1.09. The van der Waals surface area contributed by atoms with Crippen LogP contribution in [0.1, 0.15) is 51.6 Å². The Bertz CT molecular complexity index is 1740. The smallest absolute Gasteiger partial charge is 0.333 e. The summed E-state index contributed by atoms with van der Waals surface area (Å²) < 4.78 is 32.3. The Kier molecular flexibility index (Phi) is 8.97. The number of nitrogens with zero attached hydrogens (tertiary/aromatic N) is 6. The van der Waals surface area contributed by atoms with E-state index in [1.807, 2.05) is 6.07 Å². The zero-order valence-electron chi connectivity index (χ0n) is 25.0. The van der Waals surface area contributed by atoms with Gasteiger partial charge >= 0.3 is 6.55 Å². The number of carbonyl (C=O) groups excluding carboxylic acids is 3. The number of benzene rings is 1. The van der Waals surface area contributed by atoms with Crippen LogP contribution < -0.4 is 20.7 Å². The van der Waals surface area contributed by atoms with Crippen molar-refractivity contribution in [3.63, 3.8) is 0 Å². The highest BCUT2D eigenvalue weighted by atomic mass is 19.3. The molecule has 1 saturated carbocycles. The minimum absolute atomic E-state index is 0.0137. The van der Waals surface area contributed by atoms with E-state index >= 15 is 0 Å². The maximum atomic E-state index is 13.1. The highest BCUT2D eigenvalue weighted by molar-refractivity contribution is 6.00. The molecule has 4 aromatic rings. The van der Waals surface area contributed by atoms with Gasteiger partial charge in [-0.05, 0) is 31.9 Å². The number of aryl methyl sites for hydroxylation is 1. The third kappa shape index (κ3) is 6.87. The Hall–Kier alpha value is -5.47. The molecule has 1 aliphatic carbocycles. The van der Waals surface area contributed by atoms with Crippen LogP contribution in [0.25, 0.3) is 11.1 Å². The number of amides is 3. The lowest BCUT2D eigenvalue weighted by molar-refractivity contribution is -0.117. The Labute approximate surface area is 257 Å². The molecule has 1 aliphatic rings. The molecular formula is C30H31F2N9O4. The standard InChI is InChI=1S/C30H31F2N9O4/c1-16-19(15-41(39-16)30(31)32)14-40(3)29(44)22-11-10-18(13-34-22)20-6-5-7-21(26(20)45-4)35-23-12-24(36-27(42)17-8-9-17)37-38-25(23)28(43)33-2/h5-7,10-13,15,17,30H,8-9,14H2,1-4H3,(H,33,43)(H2,35,36,37,42). The quantitative estimate of drug-likeness (QED) is 0.224. The Morgan fingerprint density at radius 3 is 2.53 bits per heavy atom. The van der Waals surface area contributed by atoms with Crippen LogP contribution in [-0.2, 0) is 11.3 Å². The highest BCUT2D eigenvalue weighted by Crippen LogP contribution is 2.38. The van der Waals surface area contributed by atoms with E-state index in [9.17, 15) is 23.2 Å². The van der Waals surface area contributed by atoms with Crippen molar-refractivity contribution in [1.82, 2.24) is 35.2 Å². The number of halogens is 2. The van der Waals surface area contributed by atoms with Gasteiger partial charge < -0.3 is 25.6 Å². The number of rotatable bonds is 11. The van der Waals surface area contributed by atoms with E-state index < -0.39 is 18.4 Å². The normalized spacial score (nSPS) is 12.5. The second-order valence-electron chi connectivity index (χ2n) is 10.4. The minimum atomic E-state index is -2.77. The van der Waals surface area contributed by atoms with Crippen molar-refractivity contribution in [3.05, 3.63) is 71.4 Å². The molecule has 0 atom stereocenters. The first-order valence-electron chi connectivity index (χ1n) is 14.0. The van der Waals surface area contributed by atoms with E-state index in [0.717, 1.165) is 12.8 Å². The fraction of sp³-hybridized carbons (Fsp3) is 0.300. The third-order valence-corrected chi connectivity index (χ3v) is 7.19. The van der Waals surface area contributed by atoms with Gasteiger partial charge in [0.25, 0.3) is 11.8 Å². The predicted molar refractivity (Wildman–Crippen MR) is 160 cm³/mol. The minimum Gasteiger partial charge on any atom is -0.494 e. The van der Waals surface area contributed by atoms with Gasteiger partial charge in [0.2, 0.25) is 5.91 Å². The number of aromatic nitrogens is 5. The molecule has 0 radical (unpaired) electrons. The second-order valence-corrected chi connectivity index (χ2v) is 10.4. The van der Waals surface area contributed by atoms with Crippen molar-refractivity contribution >= 4 is 34.9 Å². The van der Waals surface area contributed by atoms with Crippen LogP contribution in [-0.4, -0.2) is 68.8 Å². The van der Waals surface area contributed by atoms with Crippen LogP contribution in [0.5, 0.6) is 5.75 Å². The van der Waals surface area contributed by atoms with Crippen LogP contribution in [0, 0.1) is 12.8 Å². The van der Waals surface area contributed by atoms with Crippen LogP contribution in [0.15, 0.2) is 48.8 Å². The number of hydrogen-bond acceptors (Lipinski definition) is 9. The van der Waals surface area contributed by atoms with Gasteiger partial charge in [-0.3, -0.25) is 19.4 Å². The number of anilines is 3. The molecule has 5 rings (SSSR count). The molecule has 3 heterocycles. The lowest BCUT2D eigenvalue weighted by Gasteiger charge is -2.18. The molecule has 0 spiro atoms. The van der Waals surface area contributed by atoms with Crippen molar-refractivity contribution in [2.45, 2.75) is 32.9 Å². The van der Waals surface area contributed by atoms with E-state index in [2.05, 4.69) is 36.2 Å². The highest BCUT2D eigenvalue weighted by Gasteiger charge is 2.30. The zero-order chi connectivity index (χ0) is 32.2. The number of alkyl halides is 2. The molecular weight excluding hydrogens is 588 g/mol. The number of nitrogens with one attached hydrogen (secondary N) is 3. The number of pyridine rings is 1. The molecule has 1 aromatic carbocycles. The van der Waals surface area contributed by atoms with Gasteiger partial charge in [0, 0.05) is 61.7 Å². The number of carbonyl (C=O) groups is 3. The summed E-state index contributed by atoms with van der Waals surface area (Å²) in [6, 6.07) is 10.1. The number of hydrogen-bond donors (Lipinski definition) is 3. The Morgan fingerprint density at radius 2 is 1.91 bits per heavy atom. The maximum absolute atomic E-state index is 13.1. The van der Waals surface area contributed by atoms with E-state index in [4.69, 9.17) is 4.74 Å². The average Bonchev–Trinajstić information content (AvgIpc) is 3.83. The first kappa shape index (κ1) is 31.0. The van der Waals surface area contributed by atoms with Gasteiger partial charge in [-0.1, -0.05) is 18.2 Å². The molecule has 0 saturated heterocycles. The van der Waals surface area contributed by atoms with Gasteiger partial charge in [-0.2, -0.15) is 13.9 Å². The van der Waals surface area contributed by atoms with Crippen LogP contribution in [0.3, 0.4) is 0 Å². The third-order valence-electron chi connectivity index (χ3n) is 7.19. The molecule has 3 amide bonds. The molecule has 0 unspecified atom stereocenters. The first-order valence-corrected chi connectivity index (χ1v) is 14.0. The molecule has 3 N–H and O–H groups in total. The van der Waals surface area contributed by atoms with Gasteiger partial charge in [0.15, 0.2) is 11.5 Å². The van der Waals surface area contributed by atoms with Gasteiger partial charge in [-0.15, -0.1) is 10.2 Å². The van der Waals surface area contributed by atoms with E-state index in [-0.39, 0.29) is 35.6 Å². The topological polar surface area (TPSA) is 156 Å². The number of para-hydroxylation sites is 1. The molecule has 13 nitrogen and oxygen atoms in total. The van der Waals surface area contributed by atoms with E-state index in [1.54, 1.807) is 38.2 Å². The van der Waals surface area contributed by atoms with Crippen molar-refractivity contribution in [2.24, 2.45) is 5.92 Å². The lowest BCUT2D eigenvalue weighted by Crippen LogP contribution is -2.27. The number of ether oxygens (including phenoxy) is 1. The molecule has 0 aliphatic heterocycles. The van der Waals surface area contributed by atoms with Gasteiger partial charge in [0.05, 0.1) is 24.2 Å². The molecule has 1 fully saturated rings. The Morgan fingerprint density at radius 1 is 1.13 bits per heavy atom. The summed E-state index contributed by atoms with van der Waals surface area (Å²) in [4.78, 5) is 43.6. The van der Waals surface area contributed by atoms with Crippen molar-refractivity contribution < 1.29 is 27.9 Å². The second kappa shape index (κ2) is 13.0. The summed E-state index contributed by atoms with van der Waals surface area (Å²) in [6.07, 6.45) is 4.39. The van der Waals surface area contributed by atoms with Crippen molar-refractivity contribution in [2.75, 3.05) is 31.8 Å². The van der Waals surface area contributed by atoms with Gasteiger partial charge in [-0.25, -0.2) is 4.68 Å². The lowest BCUT2D eigenvalue weighted by atomic mass is 10.0. The first-order chi connectivity index (χ1) is 21.6. The van der Waals surface area contributed by atoms with Crippen molar-refractivity contribution in [1.29, 1.82) is 0 Å². The molecule has 15 heteroatoms. The summed E-state index contributed by atoms with van der Waals surface area (Å²) in [5.41, 5.74) is 3.14. The molecule has 0 bridgehead atoms. The number of methoxy groups -OCH3 is 1. The molecule has 45 heavy (non-hydrogen) atoms. The molecule has 234 valence electrons. The largest absolute Gasteiger partial charge is 0.494 e. The predicted octanol–water partition coefficient (Wildman–Crippen LogP) is 4.17. The van der Waals surface area contributed by atoms with Gasteiger partial charge in [0.1, 0.15) is 11.4 Å².